The van der Waals surface area contributed by atoms with E-state index in [0.29, 0.717) is 0 Å². The third kappa shape index (κ3) is 3.42. The molecule has 0 unspecified atom stereocenters. The molecule has 0 amide bonds. The van der Waals surface area contributed by atoms with Crippen LogP contribution in [0.2, 0.25) is 0 Å². The number of aryl methyl sites for hydroxylation is 1. The predicted molar refractivity (Wildman–Crippen MR) is 27.8 cm³/mol. The Bertz CT molecular complexity index is 173. The average Bonchev–Trinajstić information content (AvgIpc) is 1.64. The van der Waals surface area contributed by atoms with E-state index in [1.165, 1.54) is 6.07 Å². The van der Waals surface area contributed by atoms with E-state index >= 15 is 0 Å². The zero-order chi connectivity index (χ0) is 5.98. The number of rotatable bonds is 0. The fraction of sp³-hybridized carbons (Fsp3) is 0.167. The monoisotopic (exact) mass is 149 g/mol. The molecular formula is C6H5FKN. The van der Waals surface area contributed by atoms with E-state index in [9.17, 15) is 4.39 Å². The Kier molecular flexibility index (Phi) is 4.88. The minimum atomic E-state index is -0.304. The van der Waals surface area contributed by atoms with Crippen LogP contribution in [0.5, 0.6) is 0 Å². The fourth-order valence-electron chi connectivity index (χ4n) is 0.472. The van der Waals surface area contributed by atoms with Gasteiger partial charge in [0, 0.05) is 5.82 Å². The van der Waals surface area contributed by atoms with Gasteiger partial charge in [0.05, 0.1) is 0 Å². The van der Waals surface area contributed by atoms with E-state index in [2.05, 4.69) is 11.2 Å². The molecule has 0 fully saturated rings. The van der Waals surface area contributed by atoms with Crippen molar-refractivity contribution < 1.29 is 55.8 Å². The van der Waals surface area contributed by atoms with Crippen molar-refractivity contribution in [2.24, 2.45) is 0 Å². The Hall–Kier alpha value is 0.716. The first-order valence-corrected chi connectivity index (χ1v) is 2.29. The molecule has 0 atom stereocenters. The zero-order valence-corrected chi connectivity index (χ0v) is 8.60. The maximum Gasteiger partial charge on any atom is 1.00 e. The molecule has 0 aromatic carbocycles. The van der Waals surface area contributed by atoms with Gasteiger partial charge in [0.2, 0.25) is 0 Å². The average molecular weight is 149 g/mol. The number of aromatic nitrogens is 1. The summed E-state index contributed by atoms with van der Waals surface area (Å²) in [6.45, 7) is 1.75. The van der Waals surface area contributed by atoms with Gasteiger partial charge in [-0.15, -0.1) is 11.6 Å². The van der Waals surface area contributed by atoms with Crippen molar-refractivity contribution in [3.63, 3.8) is 0 Å². The van der Waals surface area contributed by atoms with Gasteiger partial charge in [0.25, 0.3) is 0 Å². The quantitative estimate of drug-likeness (QED) is 0.317. The van der Waals surface area contributed by atoms with Crippen molar-refractivity contribution in [3.05, 3.63) is 29.8 Å². The standard InChI is InChI=1S/C6H5FN.K/c1-5-2-6(7)4-8-3-5;/h2,4H,1H3;/q-1;+1. The van der Waals surface area contributed by atoms with Gasteiger partial charge in [-0.2, -0.15) is 0 Å². The van der Waals surface area contributed by atoms with Crippen molar-refractivity contribution in [3.8, 4) is 0 Å². The van der Waals surface area contributed by atoms with Crippen LogP contribution in [0.25, 0.3) is 0 Å². The summed E-state index contributed by atoms with van der Waals surface area (Å²) in [7, 11) is 0. The Labute approximate surface area is 96.1 Å². The van der Waals surface area contributed by atoms with Gasteiger partial charge in [0.15, 0.2) is 0 Å². The van der Waals surface area contributed by atoms with Crippen LogP contribution in [0.3, 0.4) is 0 Å². The maximum absolute atomic E-state index is 12.1. The van der Waals surface area contributed by atoms with Crippen LogP contribution in [0, 0.1) is 18.9 Å². The minimum Gasteiger partial charge on any atom is -0.391 e. The molecule has 1 aromatic heterocycles. The van der Waals surface area contributed by atoms with Crippen LogP contribution < -0.4 is 51.4 Å². The van der Waals surface area contributed by atoms with Crippen LogP contribution in [0.4, 0.5) is 4.39 Å². The van der Waals surface area contributed by atoms with Gasteiger partial charge in [-0.05, 0) is 0 Å². The molecule has 9 heavy (non-hydrogen) atoms. The molecule has 0 saturated carbocycles. The summed E-state index contributed by atoms with van der Waals surface area (Å²) in [5, 5.41) is 0. The number of hydrogen-bond acceptors (Lipinski definition) is 1. The molecule has 0 spiro atoms. The first-order valence-electron chi connectivity index (χ1n) is 2.29. The van der Waals surface area contributed by atoms with Gasteiger partial charge >= 0.3 is 51.4 Å². The number of halogens is 1. The molecule has 0 aliphatic rings. The zero-order valence-electron chi connectivity index (χ0n) is 5.48. The second-order valence-corrected chi connectivity index (χ2v) is 1.58. The molecular weight excluding hydrogens is 144 g/mol. The second kappa shape index (κ2) is 4.52. The molecule has 0 aliphatic carbocycles. The molecule has 0 bridgehead atoms. The SMILES string of the molecule is Cc1[c-]ncc(F)c1.[K+]. The van der Waals surface area contributed by atoms with E-state index in [4.69, 9.17) is 0 Å². The van der Waals surface area contributed by atoms with Crippen molar-refractivity contribution in [2.45, 2.75) is 6.92 Å². The van der Waals surface area contributed by atoms with E-state index in [1.807, 2.05) is 0 Å². The van der Waals surface area contributed by atoms with Gasteiger partial charge in [0.1, 0.15) is 0 Å². The molecule has 0 saturated heterocycles. The first kappa shape index (κ1) is 9.72. The summed E-state index contributed by atoms with van der Waals surface area (Å²) in [5.41, 5.74) is 0.727. The molecule has 0 radical (unpaired) electrons. The van der Waals surface area contributed by atoms with Gasteiger partial charge < -0.3 is 4.98 Å². The van der Waals surface area contributed by atoms with E-state index in [1.54, 1.807) is 6.92 Å². The molecule has 1 rings (SSSR count). The molecule has 3 heteroatoms. The Morgan fingerprint density at radius 1 is 1.67 bits per heavy atom. The Morgan fingerprint density at radius 3 is 2.67 bits per heavy atom. The van der Waals surface area contributed by atoms with Crippen LogP contribution in [-0.2, 0) is 0 Å². The summed E-state index contributed by atoms with van der Waals surface area (Å²) < 4.78 is 12.1. The Balaban J connectivity index is 0.000000640. The van der Waals surface area contributed by atoms with Gasteiger partial charge in [-0.25, -0.2) is 4.39 Å². The number of nitrogens with zero attached hydrogens (tertiary/aromatic N) is 1. The third-order valence-corrected chi connectivity index (χ3v) is 0.783. The largest absolute Gasteiger partial charge is 1.00 e. The van der Waals surface area contributed by atoms with Crippen LogP contribution in [0.1, 0.15) is 5.56 Å². The fourth-order valence-corrected chi connectivity index (χ4v) is 0.472. The van der Waals surface area contributed by atoms with Crippen LogP contribution >= 0.6 is 0 Å². The maximum atomic E-state index is 12.1. The Morgan fingerprint density at radius 2 is 2.33 bits per heavy atom. The van der Waals surface area contributed by atoms with Crippen molar-refractivity contribution in [1.82, 2.24) is 4.98 Å². The summed E-state index contributed by atoms with van der Waals surface area (Å²) in [6.07, 6.45) is 3.71. The molecule has 0 aliphatic heterocycles. The normalized spacial score (nSPS) is 8.22. The van der Waals surface area contributed by atoms with Crippen molar-refractivity contribution in [1.29, 1.82) is 0 Å². The smallest absolute Gasteiger partial charge is 0.391 e. The van der Waals surface area contributed by atoms with Crippen molar-refractivity contribution >= 4 is 0 Å². The first-order chi connectivity index (χ1) is 3.79. The number of hydrogen-bond donors (Lipinski definition) is 0. The van der Waals surface area contributed by atoms with Gasteiger partial charge in [-0.3, -0.25) is 0 Å². The van der Waals surface area contributed by atoms with Crippen LogP contribution in [0.15, 0.2) is 12.3 Å². The summed E-state index contributed by atoms with van der Waals surface area (Å²) in [5.74, 6) is -0.304. The second-order valence-electron chi connectivity index (χ2n) is 1.58. The summed E-state index contributed by atoms with van der Waals surface area (Å²) in [4.78, 5) is 3.48. The van der Waals surface area contributed by atoms with Crippen LogP contribution in [-0.4, -0.2) is 4.98 Å². The van der Waals surface area contributed by atoms with Gasteiger partial charge in [-0.1, -0.05) is 19.3 Å². The topological polar surface area (TPSA) is 12.9 Å². The number of pyridine rings is 1. The van der Waals surface area contributed by atoms with E-state index in [-0.39, 0.29) is 57.2 Å². The van der Waals surface area contributed by atoms with Crippen molar-refractivity contribution in [2.75, 3.05) is 0 Å². The molecule has 0 N–H and O–H groups in total. The van der Waals surface area contributed by atoms with E-state index < -0.39 is 0 Å². The molecule has 1 heterocycles. The molecule has 42 valence electrons. The summed E-state index contributed by atoms with van der Waals surface area (Å²) in [6, 6.07) is 1.38. The minimum absolute atomic E-state index is 0. The molecule has 1 aromatic rings. The summed E-state index contributed by atoms with van der Waals surface area (Å²) >= 11 is 0. The molecule has 1 nitrogen and oxygen atoms in total. The predicted octanol–water partition coefficient (Wildman–Crippen LogP) is -1.67. The third-order valence-electron chi connectivity index (χ3n) is 0.783. The van der Waals surface area contributed by atoms with E-state index in [0.717, 1.165) is 11.8 Å².